The van der Waals surface area contributed by atoms with Gasteiger partial charge in [-0.2, -0.15) is 0 Å². The fourth-order valence-corrected chi connectivity index (χ4v) is 1.78. The number of aromatic nitrogens is 1. The number of nitrogens with zero attached hydrogens (tertiary/aromatic N) is 1. The molecular formula is C11H16N2O. The molecule has 3 heteroatoms. The highest BCUT2D eigenvalue weighted by molar-refractivity contribution is 5.79. The van der Waals surface area contributed by atoms with E-state index in [1.54, 1.807) is 6.26 Å². The molecule has 2 heterocycles. The molecule has 0 aliphatic heterocycles. The first-order valence-electron chi connectivity index (χ1n) is 4.91. The lowest BCUT2D eigenvalue weighted by atomic mass is 10.0. The van der Waals surface area contributed by atoms with Crippen LogP contribution in [0.3, 0.4) is 0 Å². The van der Waals surface area contributed by atoms with E-state index in [9.17, 15) is 0 Å². The first kappa shape index (κ1) is 9.19. The maximum absolute atomic E-state index is 5.96. The second kappa shape index (κ2) is 2.80. The van der Waals surface area contributed by atoms with Gasteiger partial charge in [0.25, 0.3) is 0 Å². The Morgan fingerprint density at radius 1 is 1.50 bits per heavy atom. The summed E-state index contributed by atoms with van der Waals surface area (Å²) in [6.07, 6.45) is 2.73. The molecular weight excluding hydrogens is 176 g/mol. The van der Waals surface area contributed by atoms with Crippen molar-refractivity contribution in [1.82, 2.24) is 4.57 Å². The van der Waals surface area contributed by atoms with Gasteiger partial charge in [-0.25, -0.2) is 0 Å². The number of anilines is 1. The second-order valence-corrected chi connectivity index (χ2v) is 4.24. The van der Waals surface area contributed by atoms with E-state index in [0.717, 1.165) is 23.3 Å². The van der Waals surface area contributed by atoms with E-state index >= 15 is 0 Å². The lowest BCUT2D eigenvalue weighted by Crippen LogP contribution is -2.26. The van der Waals surface area contributed by atoms with Crippen LogP contribution in [0.5, 0.6) is 0 Å². The Balaban J connectivity index is 2.70. The molecule has 0 bridgehead atoms. The molecule has 0 aromatic carbocycles. The molecule has 0 unspecified atom stereocenters. The van der Waals surface area contributed by atoms with Gasteiger partial charge in [0.15, 0.2) is 5.58 Å². The zero-order valence-corrected chi connectivity index (χ0v) is 8.87. The highest BCUT2D eigenvalue weighted by Crippen LogP contribution is 2.31. The summed E-state index contributed by atoms with van der Waals surface area (Å²) >= 11 is 0. The van der Waals surface area contributed by atoms with Gasteiger partial charge in [-0.15, -0.1) is 0 Å². The summed E-state index contributed by atoms with van der Waals surface area (Å²) in [5.41, 5.74) is 7.94. The first-order chi connectivity index (χ1) is 6.56. The van der Waals surface area contributed by atoms with E-state index in [1.165, 1.54) is 0 Å². The quantitative estimate of drug-likeness (QED) is 0.795. The molecule has 2 aromatic rings. The number of furan rings is 1. The molecule has 0 saturated heterocycles. The molecule has 76 valence electrons. The summed E-state index contributed by atoms with van der Waals surface area (Å²) in [5, 5.41) is 0. The zero-order valence-electron chi connectivity index (χ0n) is 8.87. The van der Waals surface area contributed by atoms with Crippen molar-refractivity contribution < 1.29 is 4.42 Å². The Morgan fingerprint density at radius 3 is 2.86 bits per heavy atom. The average molecular weight is 192 g/mol. The van der Waals surface area contributed by atoms with Crippen molar-refractivity contribution in [3.8, 4) is 0 Å². The van der Waals surface area contributed by atoms with Crippen LogP contribution in [0.4, 0.5) is 5.82 Å². The third kappa shape index (κ3) is 1.12. The molecule has 0 spiro atoms. The van der Waals surface area contributed by atoms with E-state index in [2.05, 4.69) is 25.3 Å². The van der Waals surface area contributed by atoms with Crippen LogP contribution in [0.2, 0.25) is 0 Å². The smallest absolute Gasteiger partial charge is 0.153 e. The molecule has 0 aliphatic carbocycles. The molecule has 2 rings (SSSR count). The Morgan fingerprint density at radius 2 is 2.21 bits per heavy atom. The topological polar surface area (TPSA) is 44.1 Å². The van der Waals surface area contributed by atoms with E-state index in [-0.39, 0.29) is 5.54 Å². The number of rotatable bonds is 2. The van der Waals surface area contributed by atoms with Crippen molar-refractivity contribution >= 4 is 16.9 Å². The molecule has 3 nitrogen and oxygen atoms in total. The van der Waals surface area contributed by atoms with Crippen molar-refractivity contribution in [1.29, 1.82) is 0 Å². The maximum Gasteiger partial charge on any atom is 0.153 e. The van der Waals surface area contributed by atoms with Gasteiger partial charge < -0.3 is 14.7 Å². The molecule has 0 radical (unpaired) electrons. The third-order valence-electron chi connectivity index (χ3n) is 2.92. The molecule has 2 aromatic heterocycles. The first-order valence-corrected chi connectivity index (χ1v) is 4.91. The lowest BCUT2D eigenvalue weighted by Gasteiger charge is -2.27. The van der Waals surface area contributed by atoms with Crippen molar-refractivity contribution in [3.63, 3.8) is 0 Å². The largest absolute Gasteiger partial charge is 0.463 e. The summed E-state index contributed by atoms with van der Waals surface area (Å²) in [6.45, 7) is 6.51. The van der Waals surface area contributed by atoms with Crippen LogP contribution < -0.4 is 5.73 Å². The van der Waals surface area contributed by atoms with Crippen LogP contribution in [-0.2, 0) is 5.54 Å². The molecule has 2 N–H and O–H groups in total. The minimum atomic E-state index is 0.0374. The Kier molecular flexibility index (Phi) is 1.84. The number of hydrogen-bond donors (Lipinski definition) is 1. The Hall–Kier alpha value is -1.38. The van der Waals surface area contributed by atoms with E-state index in [1.807, 2.05) is 12.1 Å². The standard InChI is InChI=1S/C11H16N2O/c1-4-11(2,3)13-8-5-6-14-9(8)7-10(13)12/h5-7H,4,12H2,1-3H3. The number of hydrogen-bond acceptors (Lipinski definition) is 2. The van der Waals surface area contributed by atoms with Crippen LogP contribution in [0.25, 0.3) is 11.1 Å². The minimum Gasteiger partial charge on any atom is -0.463 e. The predicted octanol–water partition coefficient (Wildman–Crippen LogP) is 2.96. The van der Waals surface area contributed by atoms with Gasteiger partial charge in [0.2, 0.25) is 0 Å². The Bertz CT molecular complexity index is 451. The molecule has 14 heavy (non-hydrogen) atoms. The SMILES string of the molecule is CCC(C)(C)n1c(N)cc2occc21. The van der Waals surface area contributed by atoms with Gasteiger partial charge in [0, 0.05) is 17.7 Å². The van der Waals surface area contributed by atoms with Gasteiger partial charge in [-0.05, 0) is 20.3 Å². The van der Waals surface area contributed by atoms with Crippen LogP contribution in [0.1, 0.15) is 27.2 Å². The fraction of sp³-hybridized carbons (Fsp3) is 0.455. The molecule has 0 saturated carbocycles. The maximum atomic E-state index is 5.96. The highest BCUT2D eigenvalue weighted by atomic mass is 16.3. The van der Waals surface area contributed by atoms with Crippen LogP contribution in [0.15, 0.2) is 22.8 Å². The summed E-state index contributed by atoms with van der Waals surface area (Å²) in [6, 6.07) is 3.84. The van der Waals surface area contributed by atoms with Crippen LogP contribution >= 0.6 is 0 Å². The van der Waals surface area contributed by atoms with Crippen molar-refractivity contribution in [2.75, 3.05) is 5.73 Å². The molecule has 0 fully saturated rings. The van der Waals surface area contributed by atoms with E-state index in [4.69, 9.17) is 10.2 Å². The monoisotopic (exact) mass is 192 g/mol. The van der Waals surface area contributed by atoms with Gasteiger partial charge in [0.05, 0.1) is 11.8 Å². The van der Waals surface area contributed by atoms with Crippen LogP contribution in [0, 0.1) is 0 Å². The third-order valence-corrected chi connectivity index (χ3v) is 2.92. The predicted molar refractivity (Wildman–Crippen MR) is 58.2 cm³/mol. The van der Waals surface area contributed by atoms with Gasteiger partial charge >= 0.3 is 0 Å². The summed E-state index contributed by atoms with van der Waals surface area (Å²) in [7, 11) is 0. The minimum absolute atomic E-state index is 0.0374. The van der Waals surface area contributed by atoms with E-state index < -0.39 is 0 Å². The molecule has 0 aliphatic rings. The van der Waals surface area contributed by atoms with Gasteiger partial charge in [-0.3, -0.25) is 0 Å². The van der Waals surface area contributed by atoms with Gasteiger partial charge in [-0.1, -0.05) is 6.92 Å². The molecule has 0 atom stereocenters. The summed E-state index contributed by atoms with van der Waals surface area (Å²) in [5.74, 6) is 0.770. The van der Waals surface area contributed by atoms with Crippen LogP contribution in [-0.4, -0.2) is 4.57 Å². The molecule has 0 amide bonds. The second-order valence-electron chi connectivity index (χ2n) is 4.24. The number of nitrogens with two attached hydrogens (primary N) is 1. The summed E-state index contributed by atoms with van der Waals surface area (Å²) in [4.78, 5) is 0. The van der Waals surface area contributed by atoms with Crippen molar-refractivity contribution in [2.45, 2.75) is 32.7 Å². The number of fused-ring (bicyclic) bond motifs is 1. The number of nitrogen functional groups attached to an aromatic ring is 1. The zero-order chi connectivity index (χ0) is 10.3. The van der Waals surface area contributed by atoms with E-state index in [0.29, 0.717) is 0 Å². The highest BCUT2D eigenvalue weighted by Gasteiger charge is 2.22. The Labute approximate surface area is 83.5 Å². The average Bonchev–Trinajstić information content (AvgIpc) is 2.62. The van der Waals surface area contributed by atoms with Crippen molar-refractivity contribution in [3.05, 3.63) is 18.4 Å². The fourth-order valence-electron chi connectivity index (χ4n) is 1.78. The summed E-state index contributed by atoms with van der Waals surface area (Å²) < 4.78 is 7.45. The van der Waals surface area contributed by atoms with Crippen molar-refractivity contribution in [2.24, 2.45) is 0 Å². The van der Waals surface area contributed by atoms with Gasteiger partial charge in [0.1, 0.15) is 5.82 Å². The lowest BCUT2D eigenvalue weighted by molar-refractivity contribution is 0.359. The normalized spacial score (nSPS) is 12.5.